The molecule has 2 fully saturated rings. The molecule has 1 aromatic carbocycles. The predicted octanol–water partition coefficient (Wildman–Crippen LogP) is 3.75. The second-order valence-electron chi connectivity index (χ2n) is 8.14. The van der Waals surface area contributed by atoms with E-state index in [1.807, 2.05) is 7.05 Å². The van der Waals surface area contributed by atoms with Gasteiger partial charge in [0.05, 0.1) is 13.2 Å². The maximum atomic E-state index is 5.80. The van der Waals surface area contributed by atoms with E-state index in [1.165, 1.54) is 11.1 Å². The Bertz CT molecular complexity index is 684. The molecule has 1 aromatic rings. The fraction of sp³-hybridized carbons (Fsp3) is 0.696. The maximum absolute atomic E-state index is 5.80. The van der Waals surface area contributed by atoms with Crippen molar-refractivity contribution in [2.75, 3.05) is 53.6 Å². The molecule has 2 aliphatic rings. The highest BCUT2D eigenvalue weighted by atomic mass is 127. The van der Waals surface area contributed by atoms with Crippen LogP contribution in [0.4, 0.5) is 0 Å². The fourth-order valence-corrected chi connectivity index (χ4v) is 4.59. The molecule has 0 amide bonds. The van der Waals surface area contributed by atoms with E-state index >= 15 is 0 Å². The SMILES string of the molecule is CCOC1CCN(C(=NC)NCC2(c3cc(C)ccc3OC)CCOCC2)CC1.I. The van der Waals surface area contributed by atoms with Crippen molar-refractivity contribution in [3.63, 3.8) is 0 Å². The summed E-state index contributed by atoms with van der Waals surface area (Å²) in [5, 5.41) is 3.69. The Labute approximate surface area is 198 Å². The first-order valence-electron chi connectivity index (χ1n) is 10.9. The molecule has 2 aliphatic heterocycles. The summed E-state index contributed by atoms with van der Waals surface area (Å²) in [7, 11) is 3.64. The van der Waals surface area contributed by atoms with Crippen molar-refractivity contribution in [3.8, 4) is 5.75 Å². The molecule has 2 heterocycles. The van der Waals surface area contributed by atoms with Crippen LogP contribution in [0.1, 0.15) is 43.7 Å². The van der Waals surface area contributed by atoms with E-state index < -0.39 is 0 Å². The summed E-state index contributed by atoms with van der Waals surface area (Å²) < 4.78 is 17.2. The number of methoxy groups -OCH3 is 1. The van der Waals surface area contributed by atoms with Crippen LogP contribution in [-0.2, 0) is 14.9 Å². The molecule has 7 heteroatoms. The molecular weight excluding hydrogens is 493 g/mol. The number of likely N-dealkylation sites (tertiary alicyclic amines) is 1. The summed E-state index contributed by atoms with van der Waals surface area (Å²) in [5.74, 6) is 1.95. The first-order chi connectivity index (χ1) is 14.1. The Morgan fingerprint density at radius 3 is 2.57 bits per heavy atom. The minimum atomic E-state index is -0.0187. The quantitative estimate of drug-likeness (QED) is 0.345. The Hall–Kier alpha value is -1.06. The van der Waals surface area contributed by atoms with E-state index in [2.05, 4.69) is 47.3 Å². The molecule has 0 atom stereocenters. The normalized spacial score (nSPS) is 19.9. The van der Waals surface area contributed by atoms with Gasteiger partial charge in [0.1, 0.15) is 5.75 Å². The van der Waals surface area contributed by atoms with Gasteiger partial charge in [0.25, 0.3) is 0 Å². The van der Waals surface area contributed by atoms with E-state index in [0.29, 0.717) is 6.10 Å². The van der Waals surface area contributed by atoms with Gasteiger partial charge in [-0.2, -0.15) is 0 Å². The third-order valence-corrected chi connectivity index (χ3v) is 6.32. The number of halogens is 1. The van der Waals surface area contributed by atoms with Crippen molar-refractivity contribution in [1.29, 1.82) is 0 Å². The standard InChI is InChI=1S/C23H37N3O3.HI/c1-5-29-19-8-12-26(13-9-19)22(24-3)25-17-23(10-14-28-15-11-23)20-16-18(2)6-7-21(20)27-4;/h6-7,16,19H,5,8-15,17H2,1-4H3,(H,24,25);1H. The van der Waals surface area contributed by atoms with Gasteiger partial charge in [-0.1, -0.05) is 17.7 Å². The Balaban J connectivity index is 0.00000320. The number of aliphatic imine (C=N–C) groups is 1. The Kier molecular flexibility index (Phi) is 10.2. The predicted molar refractivity (Wildman–Crippen MR) is 132 cm³/mol. The van der Waals surface area contributed by atoms with Crippen LogP contribution in [0.15, 0.2) is 23.2 Å². The summed E-state index contributed by atoms with van der Waals surface area (Å²) in [6.07, 6.45) is 4.44. The van der Waals surface area contributed by atoms with Gasteiger partial charge in [-0.05, 0) is 45.6 Å². The number of rotatable bonds is 6. The fourth-order valence-electron chi connectivity index (χ4n) is 4.59. The van der Waals surface area contributed by atoms with E-state index in [-0.39, 0.29) is 29.4 Å². The van der Waals surface area contributed by atoms with E-state index in [4.69, 9.17) is 14.2 Å². The number of ether oxygens (including phenoxy) is 3. The van der Waals surface area contributed by atoms with Crippen molar-refractivity contribution in [2.45, 2.75) is 51.0 Å². The average molecular weight is 531 g/mol. The van der Waals surface area contributed by atoms with E-state index in [9.17, 15) is 0 Å². The molecule has 170 valence electrons. The molecule has 0 bridgehead atoms. The van der Waals surface area contributed by atoms with Gasteiger partial charge in [0, 0.05) is 57.5 Å². The van der Waals surface area contributed by atoms with E-state index in [0.717, 1.165) is 76.8 Å². The van der Waals surface area contributed by atoms with Crippen molar-refractivity contribution in [3.05, 3.63) is 29.3 Å². The summed E-state index contributed by atoms with van der Waals surface area (Å²) in [4.78, 5) is 6.94. The minimum absolute atomic E-state index is 0. The average Bonchev–Trinajstić information content (AvgIpc) is 2.76. The van der Waals surface area contributed by atoms with Crippen LogP contribution < -0.4 is 10.1 Å². The molecule has 30 heavy (non-hydrogen) atoms. The third-order valence-electron chi connectivity index (χ3n) is 6.32. The number of hydrogen-bond acceptors (Lipinski definition) is 4. The smallest absolute Gasteiger partial charge is 0.193 e. The van der Waals surface area contributed by atoms with Crippen molar-refractivity contribution < 1.29 is 14.2 Å². The minimum Gasteiger partial charge on any atom is -0.496 e. The van der Waals surface area contributed by atoms with Crippen LogP contribution in [0.25, 0.3) is 0 Å². The van der Waals surface area contributed by atoms with Crippen LogP contribution >= 0.6 is 24.0 Å². The molecular formula is C23H38IN3O3. The second kappa shape index (κ2) is 12.1. The largest absolute Gasteiger partial charge is 0.496 e. The lowest BCUT2D eigenvalue weighted by atomic mass is 9.73. The monoisotopic (exact) mass is 531 g/mol. The van der Waals surface area contributed by atoms with Gasteiger partial charge in [-0.25, -0.2) is 0 Å². The lowest BCUT2D eigenvalue weighted by Gasteiger charge is -2.40. The van der Waals surface area contributed by atoms with Gasteiger partial charge < -0.3 is 24.4 Å². The molecule has 2 saturated heterocycles. The molecule has 0 saturated carbocycles. The first kappa shape index (κ1) is 25.2. The van der Waals surface area contributed by atoms with Gasteiger partial charge in [-0.15, -0.1) is 24.0 Å². The molecule has 0 aromatic heterocycles. The zero-order chi connectivity index (χ0) is 20.7. The second-order valence-corrected chi connectivity index (χ2v) is 8.14. The van der Waals surface area contributed by atoms with Crippen LogP contribution in [0.5, 0.6) is 5.75 Å². The highest BCUT2D eigenvalue weighted by Gasteiger charge is 2.37. The van der Waals surface area contributed by atoms with Crippen LogP contribution in [0.2, 0.25) is 0 Å². The number of aryl methyl sites for hydroxylation is 1. The van der Waals surface area contributed by atoms with Gasteiger partial charge in [0.15, 0.2) is 5.96 Å². The molecule has 0 unspecified atom stereocenters. The number of piperidine rings is 1. The summed E-state index contributed by atoms with van der Waals surface area (Å²) in [5.41, 5.74) is 2.52. The highest BCUT2D eigenvalue weighted by molar-refractivity contribution is 14.0. The van der Waals surface area contributed by atoms with Gasteiger partial charge in [-0.3, -0.25) is 4.99 Å². The first-order valence-corrected chi connectivity index (χ1v) is 10.9. The molecule has 6 nitrogen and oxygen atoms in total. The number of benzene rings is 1. The van der Waals surface area contributed by atoms with Crippen molar-refractivity contribution in [1.82, 2.24) is 10.2 Å². The zero-order valence-corrected chi connectivity index (χ0v) is 21.2. The lowest BCUT2D eigenvalue weighted by Crippen LogP contribution is -2.51. The third kappa shape index (κ3) is 6.01. The molecule has 0 radical (unpaired) electrons. The topological polar surface area (TPSA) is 55.3 Å². The van der Waals surface area contributed by atoms with Crippen LogP contribution in [-0.4, -0.2) is 70.6 Å². The van der Waals surface area contributed by atoms with E-state index in [1.54, 1.807) is 7.11 Å². The molecule has 0 aliphatic carbocycles. The number of nitrogens with zero attached hydrogens (tertiary/aromatic N) is 2. The number of guanidine groups is 1. The van der Waals surface area contributed by atoms with Crippen LogP contribution in [0.3, 0.4) is 0 Å². The molecule has 1 N–H and O–H groups in total. The maximum Gasteiger partial charge on any atom is 0.193 e. The summed E-state index contributed by atoms with van der Waals surface area (Å²) in [6, 6.07) is 6.49. The lowest BCUT2D eigenvalue weighted by molar-refractivity contribution is 0.0259. The Morgan fingerprint density at radius 2 is 1.97 bits per heavy atom. The summed E-state index contributed by atoms with van der Waals surface area (Å²) >= 11 is 0. The zero-order valence-electron chi connectivity index (χ0n) is 18.9. The van der Waals surface area contributed by atoms with Gasteiger partial charge in [0.2, 0.25) is 0 Å². The van der Waals surface area contributed by atoms with Crippen molar-refractivity contribution >= 4 is 29.9 Å². The van der Waals surface area contributed by atoms with Crippen molar-refractivity contribution in [2.24, 2.45) is 4.99 Å². The van der Waals surface area contributed by atoms with Crippen LogP contribution in [0, 0.1) is 6.92 Å². The molecule has 0 spiro atoms. The number of nitrogens with one attached hydrogen (secondary N) is 1. The highest BCUT2D eigenvalue weighted by Crippen LogP contribution is 2.40. The number of hydrogen-bond donors (Lipinski definition) is 1. The van der Waals surface area contributed by atoms with Gasteiger partial charge >= 0.3 is 0 Å². The summed E-state index contributed by atoms with van der Waals surface area (Å²) in [6.45, 7) is 9.34. The Morgan fingerprint density at radius 1 is 1.27 bits per heavy atom. The molecule has 3 rings (SSSR count).